The number of halogens is 2. The molecule has 0 saturated heterocycles. The number of rotatable bonds is 3. The van der Waals surface area contributed by atoms with Crippen LogP contribution in [0.25, 0.3) is 0 Å². The highest BCUT2D eigenvalue weighted by Gasteiger charge is 2.08. The molecule has 0 heterocycles. The first kappa shape index (κ1) is 14.1. The summed E-state index contributed by atoms with van der Waals surface area (Å²) in [6.07, 6.45) is 0. The lowest BCUT2D eigenvalue weighted by molar-refractivity contribution is 0.482. The molecule has 2 aromatic carbocycles. The van der Waals surface area contributed by atoms with Gasteiger partial charge in [0.1, 0.15) is 21.5 Å². The highest BCUT2D eigenvalue weighted by Crippen LogP contribution is 2.34. The van der Waals surface area contributed by atoms with E-state index in [1.165, 1.54) is 0 Å². The molecule has 0 aliphatic heterocycles. The summed E-state index contributed by atoms with van der Waals surface area (Å²) in [7, 11) is 0. The van der Waals surface area contributed by atoms with Crippen LogP contribution in [0.15, 0.2) is 36.4 Å². The van der Waals surface area contributed by atoms with Crippen molar-refractivity contribution < 1.29 is 4.74 Å². The van der Waals surface area contributed by atoms with E-state index in [9.17, 15) is 0 Å². The summed E-state index contributed by atoms with van der Waals surface area (Å²) < 4.78 is 5.71. The zero-order chi connectivity index (χ0) is 14.0. The van der Waals surface area contributed by atoms with Gasteiger partial charge in [-0.3, -0.25) is 0 Å². The monoisotopic (exact) mass is 311 g/mol. The van der Waals surface area contributed by atoms with Gasteiger partial charge in [0.25, 0.3) is 0 Å². The maximum Gasteiger partial charge on any atom is 0.147 e. The molecule has 0 saturated carbocycles. The molecule has 0 atom stereocenters. The quantitative estimate of drug-likeness (QED) is 0.832. The van der Waals surface area contributed by atoms with Crippen LogP contribution in [0.2, 0.25) is 10.0 Å². The van der Waals surface area contributed by atoms with Gasteiger partial charge in [-0.25, -0.2) is 0 Å². The minimum atomic E-state index is 0.366. The molecular formula is C14H11Cl2NOS. The van der Waals surface area contributed by atoms with Crippen LogP contribution < -0.4 is 10.5 Å². The Hall–Kier alpha value is -1.29. The van der Waals surface area contributed by atoms with E-state index in [4.69, 9.17) is 45.9 Å². The third-order valence-corrected chi connectivity index (χ3v) is 3.63. The lowest BCUT2D eigenvalue weighted by Gasteiger charge is -2.10. The van der Waals surface area contributed by atoms with Crippen LogP contribution in [-0.4, -0.2) is 4.99 Å². The van der Waals surface area contributed by atoms with Gasteiger partial charge < -0.3 is 10.5 Å². The summed E-state index contributed by atoms with van der Waals surface area (Å²) in [5, 5.41) is 0.843. The maximum atomic E-state index is 6.07. The number of aryl methyl sites for hydroxylation is 1. The zero-order valence-electron chi connectivity index (χ0n) is 10.1. The van der Waals surface area contributed by atoms with E-state index in [0.29, 0.717) is 26.5 Å². The number of hydrogen-bond donors (Lipinski definition) is 1. The molecule has 0 bridgehead atoms. The first-order chi connectivity index (χ1) is 8.99. The van der Waals surface area contributed by atoms with E-state index >= 15 is 0 Å². The Bertz CT molecular complexity index is 643. The van der Waals surface area contributed by atoms with Gasteiger partial charge in [-0.1, -0.05) is 41.5 Å². The van der Waals surface area contributed by atoms with Crippen LogP contribution in [0.5, 0.6) is 11.5 Å². The van der Waals surface area contributed by atoms with Crippen molar-refractivity contribution in [2.75, 3.05) is 0 Å². The second-order valence-electron chi connectivity index (χ2n) is 3.99. The predicted molar refractivity (Wildman–Crippen MR) is 83.6 cm³/mol. The first-order valence-corrected chi connectivity index (χ1v) is 6.68. The van der Waals surface area contributed by atoms with Gasteiger partial charge >= 0.3 is 0 Å². The Kier molecular flexibility index (Phi) is 4.30. The van der Waals surface area contributed by atoms with E-state index < -0.39 is 0 Å². The van der Waals surface area contributed by atoms with Crippen molar-refractivity contribution in [1.29, 1.82) is 0 Å². The van der Waals surface area contributed by atoms with Gasteiger partial charge in [0.2, 0.25) is 0 Å². The Morgan fingerprint density at radius 3 is 2.58 bits per heavy atom. The summed E-state index contributed by atoms with van der Waals surface area (Å²) in [5.41, 5.74) is 7.39. The fraction of sp³-hybridized carbons (Fsp3) is 0.0714. The van der Waals surface area contributed by atoms with Gasteiger partial charge in [0, 0.05) is 5.56 Å². The normalized spacial score (nSPS) is 10.3. The summed E-state index contributed by atoms with van der Waals surface area (Å²) in [6.45, 7) is 1.92. The minimum absolute atomic E-state index is 0.366. The van der Waals surface area contributed by atoms with Gasteiger partial charge in [0.15, 0.2) is 0 Å². The molecule has 2 N–H and O–H groups in total. The van der Waals surface area contributed by atoms with E-state index in [2.05, 4.69) is 0 Å². The van der Waals surface area contributed by atoms with Crippen molar-refractivity contribution in [2.45, 2.75) is 6.92 Å². The standard InChI is InChI=1S/C14H11Cl2NOS/c1-8-7-9(5-6-10(8)14(17)19)18-12-4-2-3-11(15)13(12)16/h2-7H,1H3,(H2,17,19). The van der Waals surface area contributed by atoms with Crippen LogP contribution in [0.3, 0.4) is 0 Å². The summed E-state index contributed by atoms with van der Waals surface area (Å²) in [6, 6.07) is 10.7. The number of nitrogens with two attached hydrogens (primary N) is 1. The second-order valence-corrected chi connectivity index (χ2v) is 5.22. The van der Waals surface area contributed by atoms with Crippen LogP contribution in [0.1, 0.15) is 11.1 Å². The molecule has 0 spiro atoms. The van der Waals surface area contributed by atoms with Gasteiger partial charge in [-0.2, -0.15) is 0 Å². The molecule has 19 heavy (non-hydrogen) atoms. The lowest BCUT2D eigenvalue weighted by atomic mass is 10.1. The molecule has 5 heteroatoms. The minimum Gasteiger partial charge on any atom is -0.456 e. The molecule has 2 nitrogen and oxygen atoms in total. The summed E-state index contributed by atoms with van der Waals surface area (Å²) >= 11 is 17.0. The van der Waals surface area contributed by atoms with E-state index in [0.717, 1.165) is 11.1 Å². The van der Waals surface area contributed by atoms with E-state index in [-0.39, 0.29) is 0 Å². The Morgan fingerprint density at radius 1 is 1.21 bits per heavy atom. The average molecular weight is 312 g/mol. The lowest BCUT2D eigenvalue weighted by Crippen LogP contribution is -2.10. The molecule has 0 aliphatic carbocycles. The van der Waals surface area contributed by atoms with Crippen LogP contribution in [0, 0.1) is 6.92 Å². The molecule has 0 aromatic heterocycles. The number of hydrogen-bond acceptors (Lipinski definition) is 2. The highest BCUT2D eigenvalue weighted by molar-refractivity contribution is 7.80. The van der Waals surface area contributed by atoms with Crippen molar-refractivity contribution in [2.24, 2.45) is 5.73 Å². The molecule has 0 amide bonds. The molecule has 0 aliphatic rings. The molecule has 2 rings (SSSR count). The smallest absolute Gasteiger partial charge is 0.147 e. The Morgan fingerprint density at radius 2 is 1.95 bits per heavy atom. The second kappa shape index (κ2) is 5.78. The zero-order valence-corrected chi connectivity index (χ0v) is 12.4. The molecule has 0 fully saturated rings. The summed E-state index contributed by atoms with van der Waals surface area (Å²) in [4.78, 5) is 0.366. The van der Waals surface area contributed by atoms with Crippen LogP contribution in [-0.2, 0) is 0 Å². The first-order valence-electron chi connectivity index (χ1n) is 5.51. The maximum absolute atomic E-state index is 6.07. The number of thiocarbonyl (C=S) groups is 1. The third-order valence-electron chi connectivity index (χ3n) is 2.61. The fourth-order valence-corrected chi connectivity index (χ4v) is 2.23. The van der Waals surface area contributed by atoms with Crippen LogP contribution in [0.4, 0.5) is 0 Å². The average Bonchev–Trinajstić information content (AvgIpc) is 2.34. The number of benzene rings is 2. The molecule has 0 radical (unpaired) electrons. The van der Waals surface area contributed by atoms with Crippen molar-refractivity contribution in [3.8, 4) is 11.5 Å². The van der Waals surface area contributed by atoms with Crippen molar-refractivity contribution >= 4 is 40.4 Å². The van der Waals surface area contributed by atoms with Gasteiger partial charge in [0.05, 0.1) is 5.02 Å². The van der Waals surface area contributed by atoms with Crippen molar-refractivity contribution in [1.82, 2.24) is 0 Å². The topological polar surface area (TPSA) is 35.2 Å². The Labute approximate surface area is 127 Å². The molecule has 2 aromatic rings. The number of ether oxygens (including phenoxy) is 1. The van der Waals surface area contributed by atoms with Crippen molar-refractivity contribution in [3.05, 3.63) is 57.6 Å². The van der Waals surface area contributed by atoms with Crippen molar-refractivity contribution in [3.63, 3.8) is 0 Å². The highest BCUT2D eigenvalue weighted by atomic mass is 35.5. The van der Waals surface area contributed by atoms with E-state index in [1.54, 1.807) is 24.3 Å². The Balaban J connectivity index is 2.32. The summed E-state index contributed by atoms with van der Waals surface area (Å²) in [5.74, 6) is 1.17. The third kappa shape index (κ3) is 3.18. The van der Waals surface area contributed by atoms with Gasteiger partial charge in [-0.05, 0) is 42.8 Å². The van der Waals surface area contributed by atoms with Gasteiger partial charge in [-0.15, -0.1) is 0 Å². The van der Waals surface area contributed by atoms with E-state index in [1.807, 2.05) is 19.1 Å². The van der Waals surface area contributed by atoms with Crippen LogP contribution >= 0.6 is 35.4 Å². The molecule has 98 valence electrons. The molecule has 0 unspecified atom stereocenters. The fourth-order valence-electron chi connectivity index (χ4n) is 1.67. The predicted octanol–water partition coefficient (Wildman–Crippen LogP) is 4.73. The SMILES string of the molecule is Cc1cc(Oc2cccc(Cl)c2Cl)ccc1C(N)=S. The largest absolute Gasteiger partial charge is 0.456 e. The molecular weight excluding hydrogens is 301 g/mol.